The monoisotopic (exact) mass is 594 g/mol. The molecule has 2 fully saturated rings. The number of fused-ring (bicyclic) bond motifs is 1. The van der Waals surface area contributed by atoms with Crippen molar-refractivity contribution in [3.63, 3.8) is 0 Å². The lowest BCUT2D eigenvalue weighted by Crippen LogP contribution is -2.61. The number of aromatic hydroxyl groups is 3. The van der Waals surface area contributed by atoms with Crippen molar-refractivity contribution in [2.24, 2.45) is 0 Å². The van der Waals surface area contributed by atoms with Crippen molar-refractivity contribution < 1.29 is 69.3 Å². The Labute approximate surface area is 236 Å². The van der Waals surface area contributed by atoms with Gasteiger partial charge in [-0.15, -0.1) is 0 Å². The average Bonchev–Trinajstić information content (AvgIpc) is 2.95. The molecular weight excluding hydrogens is 564 g/mol. The van der Waals surface area contributed by atoms with E-state index in [0.717, 1.165) is 12.1 Å². The molecule has 3 aromatic rings. The fourth-order valence-electron chi connectivity index (χ4n) is 4.79. The molecule has 9 N–H and O–H groups in total. The summed E-state index contributed by atoms with van der Waals surface area (Å²) in [5, 5.41) is 91.4. The number of hydrogen-bond acceptors (Lipinski definition) is 15. The van der Waals surface area contributed by atoms with Crippen LogP contribution in [0.4, 0.5) is 0 Å². The summed E-state index contributed by atoms with van der Waals surface area (Å²) in [7, 11) is 0. The Morgan fingerprint density at radius 2 is 1.40 bits per heavy atom. The third kappa shape index (κ3) is 5.49. The van der Waals surface area contributed by atoms with Crippen LogP contribution in [0.3, 0.4) is 0 Å². The van der Waals surface area contributed by atoms with E-state index in [4.69, 9.17) is 23.4 Å². The SMILES string of the molecule is C[C@H]1O[C@@H](OC[C@@H]2O[C@@H](Oc3c(-c4ccc(O)cc4)oc4cc(O)cc(O)c4c3=O)[C@@H](O)[C@@H](O)[C@H]2O)[C@@H](O)[C@@H](O)[C@H]1O. The first kappa shape index (κ1) is 30.0. The van der Waals surface area contributed by atoms with Gasteiger partial charge in [0, 0.05) is 17.7 Å². The largest absolute Gasteiger partial charge is 0.508 e. The first-order valence-corrected chi connectivity index (χ1v) is 12.9. The van der Waals surface area contributed by atoms with E-state index < -0.39 is 90.7 Å². The van der Waals surface area contributed by atoms with Crippen molar-refractivity contribution in [1.29, 1.82) is 0 Å². The zero-order chi connectivity index (χ0) is 30.5. The lowest BCUT2D eigenvalue weighted by atomic mass is 9.98. The summed E-state index contributed by atoms with van der Waals surface area (Å²) in [4.78, 5) is 13.5. The Kier molecular flexibility index (Phi) is 8.30. The molecule has 5 rings (SSSR count). The molecule has 0 saturated carbocycles. The van der Waals surface area contributed by atoms with E-state index in [2.05, 4.69) is 0 Å². The van der Waals surface area contributed by atoms with Crippen LogP contribution in [0.2, 0.25) is 0 Å². The van der Waals surface area contributed by atoms with E-state index in [0.29, 0.717) is 0 Å². The van der Waals surface area contributed by atoms with Gasteiger partial charge in [0.1, 0.15) is 70.9 Å². The third-order valence-electron chi connectivity index (χ3n) is 7.18. The zero-order valence-corrected chi connectivity index (χ0v) is 21.9. The molecule has 2 saturated heterocycles. The van der Waals surface area contributed by atoms with Crippen LogP contribution in [0.15, 0.2) is 45.6 Å². The highest BCUT2D eigenvalue weighted by Crippen LogP contribution is 2.37. The van der Waals surface area contributed by atoms with Gasteiger partial charge in [-0.2, -0.15) is 0 Å². The lowest BCUT2D eigenvalue weighted by molar-refractivity contribution is -0.318. The van der Waals surface area contributed by atoms with Crippen LogP contribution in [0.1, 0.15) is 6.92 Å². The van der Waals surface area contributed by atoms with Gasteiger partial charge in [0.25, 0.3) is 0 Å². The van der Waals surface area contributed by atoms with Gasteiger partial charge >= 0.3 is 0 Å². The number of hydrogen-bond donors (Lipinski definition) is 9. The fraction of sp³-hybridized carbons (Fsp3) is 0.444. The molecule has 0 spiro atoms. The molecule has 0 aliphatic carbocycles. The Balaban J connectivity index is 1.46. The normalized spacial score (nSPS) is 33.5. The smallest absolute Gasteiger partial charge is 0.239 e. The summed E-state index contributed by atoms with van der Waals surface area (Å²) in [6.45, 7) is 0.866. The predicted octanol–water partition coefficient (Wildman–Crippen LogP) is -1.39. The highest BCUT2D eigenvalue weighted by molar-refractivity contribution is 5.88. The van der Waals surface area contributed by atoms with Crippen LogP contribution in [0.25, 0.3) is 22.3 Å². The van der Waals surface area contributed by atoms with Crippen LogP contribution < -0.4 is 10.2 Å². The molecule has 2 aromatic carbocycles. The second kappa shape index (κ2) is 11.6. The van der Waals surface area contributed by atoms with E-state index >= 15 is 0 Å². The van der Waals surface area contributed by atoms with Gasteiger partial charge in [-0.25, -0.2) is 0 Å². The second-order valence-electron chi connectivity index (χ2n) is 10.1. The van der Waals surface area contributed by atoms with Crippen molar-refractivity contribution in [1.82, 2.24) is 0 Å². The van der Waals surface area contributed by atoms with E-state index in [9.17, 15) is 50.8 Å². The van der Waals surface area contributed by atoms with Crippen molar-refractivity contribution >= 4 is 11.0 Å². The van der Waals surface area contributed by atoms with Crippen LogP contribution in [-0.2, 0) is 14.2 Å². The molecule has 228 valence electrons. The number of aliphatic hydroxyl groups is 6. The van der Waals surface area contributed by atoms with Gasteiger partial charge in [-0.3, -0.25) is 4.79 Å². The third-order valence-corrected chi connectivity index (χ3v) is 7.18. The highest BCUT2D eigenvalue weighted by atomic mass is 16.7. The minimum Gasteiger partial charge on any atom is -0.508 e. The minimum atomic E-state index is -1.92. The Morgan fingerprint density at radius 1 is 0.762 bits per heavy atom. The van der Waals surface area contributed by atoms with Gasteiger partial charge in [0.05, 0.1) is 12.7 Å². The Hall–Kier alpha value is -3.51. The van der Waals surface area contributed by atoms with E-state index in [1.807, 2.05) is 0 Å². The Morgan fingerprint density at radius 3 is 2.10 bits per heavy atom. The minimum absolute atomic E-state index is 0.103. The summed E-state index contributed by atoms with van der Waals surface area (Å²) >= 11 is 0. The first-order chi connectivity index (χ1) is 19.9. The van der Waals surface area contributed by atoms with Crippen LogP contribution in [-0.4, -0.2) is 114 Å². The molecule has 10 atom stereocenters. The molecule has 15 heteroatoms. The molecule has 1 aromatic heterocycles. The molecule has 15 nitrogen and oxygen atoms in total. The molecule has 2 aliphatic heterocycles. The molecule has 0 amide bonds. The van der Waals surface area contributed by atoms with E-state index in [1.165, 1.54) is 31.2 Å². The van der Waals surface area contributed by atoms with Gasteiger partial charge in [0.2, 0.25) is 17.5 Å². The standard InChI is InChI=1S/C27H30O15/c1-9-17(31)20(34)22(36)26(39-9)38-8-15-18(32)21(35)23(37)27(41-15)42-25-19(33)16-13(30)6-12(29)7-14(16)40-24(25)10-2-4-11(28)5-3-10/h2-7,9,15,17-18,20-23,26-32,34-37H,8H2,1H3/t9-,15+,17+,18+,20+,21+,22+,23+,26-,27+/m1/s1. The number of phenolic OH excluding ortho intramolecular Hbond substituents is 3. The molecule has 0 radical (unpaired) electrons. The van der Waals surface area contributed by atoms with Gasteiger partial charge in [0.15, 0.2) is 12.1 Å². The number of phenols is 3. The predicted molar refractivity (Wildman–Crippen MR) is 139 cm³/mol. The Bertz CT molecular complexity index is 1470. The number of benzene rings is 2. The second-order valence-corrected chi connectivity index (χ2v) is 10.1. The van der Waals surface area contributed by atoms with E-state index in [-0.39, 0.29) is 28.0 Å². The summed E-state index contributed by atoms with van der Waals surface area (Å²) < 4.78 is 28.0. The zero-order valence-electron chi connectivity index (χ0n) is 21.9. The maximum atomic E-state index is 13.5. The number of aliphatic hydroxyl groups excluding tert-OH is 6. The average molecular weight is 595 g/mol. The first-order valence-electron chi connectivity index (χ1n) is 12.9. The summed E-state index contributed by atoms with van der Waals surface area (Å²) in [6, 6.07) is 7.33. The molecular formula is C27H30O15. The van der Waals surface area contributed by atoms with Gasteiger partial charge in [-0.1, -0.05) is 0 Å². The summed E-state index contributed by atoms with van der Waals surface area (Å²) in [5.41, 5.74) is -0.956. The molecule has 3 heterocycles. The molecule has 2 aliphatic rings. The quantitative estimate of drug-likeness (QED) is 0.159. The molecule has 42 heavy (non-hydrogen) atoms. The number of ether oxygens (including phenoxy) is 4. The van der Waals surface area contributed by atoms with Gasteiger partial charge < -0.3 is 69.3 Å². The summed E-state index contributed by atoms with van der Waals surface area (Å²) in [6.07, 6.45) is -15.8. The topological polar surface area (TPSA) is 249 Å². The number of rotatable bonds is 6. The van der Waals surface area contributed by atoms with Crippen LogP contribution in [0, 0.1) is 0 Å². The van der Waals surface area contributed by atoms with Crippen molar-refractivity contribution in [2.75, 3.05) is 6.61 Å². The van der Waals surface area contributed by atoms with Crippen molar-refractivity contribution in [2.45, 2.75) is 68.3 Å². The maximum Gasteiger partial charge on any atom is 0.239 e. The molecule has 0 unspecified atom stereocenters. The van der Waals surface area contributed by atoms with Crippen molar-refractivity contribution in [3.05, 3.63) is 46.6 Å². The van der Waals surface area contributed by atoms with Gasteiger partial charge in [-0.05, 0) is 31.2 Å². The highest BCUT2D eigenvalue weighted by Gasteiger charge is 2.47. The van der Waals surface area contributed by atoms with E-state index in [1.54, 1.807) is 0 Å². The van der Waals surface area contributed by atoms with Crippen molar-refractivity contribution in [3.8, 4) is 34.3 Å². The maximum absolute atomic E-state index is 13.5. The lowest BCUT2D eigenvalue weighted by Gasteiger charge is -2.42. The van der Waals surface area contributed by atoms with Crippen LogP contribution in [0.5, 0.6) is 23.0 Å². The summed E-state index contributed by atoms with van der Waals surface area (Å²) in [5.74, 6) is -1.97. The molecule has 0 bridgehead atoms. The van der Waals surface area contributed by atoms with Crippen LogP contribution >= 0.6 is 0 Å². The fourth-order valence-corrected chi connectivity index (χ4v) is 4.79.